The molecular weight excluding hydrogens is 343 g/mol. The zero-order valence-electron chi connectivity index (χ0n) is 10.7. The summed E-state index contributed by atoms with van der Waals surface area (Å²) in [4.78, 5) is 0. The van der Waals surface area contributed by atoms with E-state index in [9.17, 15) is 4.39 Å². The second-order valence-corrected chi connectivity index (χ2v) is 5.96. The summed E-state index contributed by atoms with van der Waals surface area (Å²) >= 11 is 9.49. The van der Waals surface area contributed by atoms with Gasteiger partial charge in [-0.05, 0) is 48.2 Å². The van der Waals surface area contributed by atoms with Gasteiger partial charge >= 0.3 is 0 Å². The van der Waals surface area contributed by atoms with Gasteiger partial charge in [0.1, 0.15) is 5.82 Å². The topological polar surface area (TPSA) is 38.0 Å². The molecule has 0 amide bonds. The number of halogens is 3. The first kappa shape index (κ1) is 15.4. The van der Waals surface area contributed by atoms with Gasteiger partial charge in [-0.25, -0.2) is 4.39 Å². The van der Waals surface area contributed by atoms with Crippen molar-refractivity contribution in [1.29, 1.82) is 0 Å². The van der Waals surface area contributed by atoms with Crippen LogP contribution in [0, 0.1) is 5.82 Å². The lowest BCUT2D eigenvalue weighted by atomic mass is 9.99. The predicted molar refractivity (Wildman–Crippen MR) is 84.1 cm³/mol. The van der Waals surface area contributed by atoms with Crippen LogP contribution in [0.4, 0.5) is 4.39 Å². The quantitative estimate of drug-likeness (QED) is 0.630. The van der Waals surface area contributed by atoms with Crippen LogP contribution in [0.1, 0.15) is 11.1 Å². The summed E-state index contributed by atoms with van der Waals surface area (Å²) < 4.78 is 14.1. The third-order valence-corrected chi connectivity index (χ3v) is 3.93. The average Bonchev–Trinajstić information content (AvgIpc) is 2.41. The van der Waals surface area contributed by atoms with Gasteiger partial charge < -0.3 is 0 Å². The smallest absolute Gasteiger partial charge is 0.124 e. The molecule has 2 aromatic rings. The fourth-order valence-corrected chi connectivity index (χ4v) is 2.78. The molecule has 20 heavy (non-hydrogen) atoms. The van der Waals surface area contributed by atoms with Crippen LogP contribution in [0.2, 0.25) is 5.02 Å². The van der Waals surface area contributed by atoms with E-state index in [4.69, 9.17) is 17.4 Å². The third kappa shape index (κ3) is 4.28. The van der Waals surface area contributed by atoms with Crippen molar-refractivity contribution in [3.05, 3.63) is 68.9 Å². The highest BCUT2D eigenvalue weighted by Crippen LogP contribution is 2.20. The van der Waals surface area contributed by atoms with Gasteiger partial charge in [-0.3, -0.25) is 11.3 Å². The van der Waals surface area contributed by atoms with Crippen LogP contribution in [0.15, 0.2) is 46.9 Å². The summed E-state index contributed by atoms with van der Waals surface area (Å²) in [5.74, 6) is 5.28. The predicted octanol–water partition coefficient (Wildman–Crippen LogP) is 3.86. The van der Waals surface area contributed by atoms with Crippen molar-refractivity contribution in [1.82, 2.24) is 5.43 Å². The molecular formula is C15H15BrClFN2. The molecule has 1 atom stereocenters. The second-order valence-electron chi connectivity index (χ2n) is 4.64. The van der Waals surface area contributed by atoms with E-state index >= 15 is 0 Å². The minimum Gasteiger partial charge on any atom is -0.271 e. The van der Waals surface area contributed by atoms with Crippen molar-refractivity contribution in [2.45, 2.75) is 18.9 Å². The number of nitrogens with one attached hydrogen (secondary N) is 1. The number of benzene rings is 2. The summed E-state index contributed by atoms with van der Waals surface area (Å²) in [6.45, 7) is 0. The molecule has 0 saturated heterocycles. The van der Waals surface area contributed by atoms with Crippen LogP contribution >= 0.6 is 27.5 Å². The Morgan fingerprint density at radius 1 is 1.20 bits per heavy atom. The van der Waals surface area contributed by atoms with E-state index in [2.05, 4.69) is 27.4 Å². The molecule has 0 heterocycles. The number of hydrazine groups is 1. The van der Waals surface area contributed by atoms with Crippen LogP contribution in [-0.4, -0.2) is 6.04 Å². The van der Waals surface area contributed by atoms with Crippen molar-refractivity contribution in [3.63, 3.8) is 0 Å². The van der Waals surface area contributed by atoms with Crippen molar-refractivity contribution in [2.75, 3.05) is 0 Å². The Morgan fingerprint density at radius 2 is 2.00 bits per heavy atom. The van der Waals surface area contributed by atoms with Crippen LogP contribution in [0.25, 0.3) is 0 Å². The highest BCUT2D eigenvalue weighted by atomic mass is 79.9. The van der Waals surface area contributed by atoms with E-state index < -0.39 is 0 Å². The maximum Gasteiger partial charge on any atom is 0.124 e. The fourth-order valence-electron chi connectivity index (χ4n) is 2.09. The molecule has 2 aromatic carbocycles. The molecule has 106 valence electrons. The molecule has 0 bridgehead atoms. The Balaban J connectivity index is 2.09. The first-order valence-electron chi connectivity index (χ1n) is 6.23. The van der Waals surface area contributed by atoms with Gasteiger partial charge in [0, 0.05) is 15.5 Å². The van der Waals surface area contributed by atoms with Gasteiger partial charge in [-0.15, -0.1) is 0 Å². The Hall–Kier alpha value is -0.940. The Morgan fingerprint density at radius 3 is 2.65 bits per heavy atom. The summed E-state index contributed by atoms with van der Waals surface area (Å²) in [6.07, 6.45) is 1.41. The lowest BCUT2D eigenvalue weighted by Crippen LogP contribution is -2.38. The van der Waals surface area contributed by atoms with E-state index in [-0.39, 0.29) is 11.9 Å². The Labute approximate surface area is 131 Å². The van der Waals surface area contributed by atoms with Gasteiger partial charge in [0.15, 0.2) is 0 Å². The molecule has 0 fully saturated rings. The summed E-state index contributed by atoms with van der Waals surface area (Å²) in [5.41, 5.74) is 4.84. The second kappa shape index (κ2) is 7.18. The minimum absolute atomic E-state index is 0.0345. The molecule has 0 spiro atoms. The van der Waals surface area contributed by atoms with Gasteiger partial charge in [0.05, 0.1) is 0 Å². The van der Waals surface area contributed by atoms with Gasteiger partial charge in [-0.1, -0.05) is 45.7 Å². The van der Waals surface area contributed by atoms with Gasteiger partial charge in [-0.2, -0.15) is 0 Å². The largest absolute Gasteiger partial charge is 0.271 e. The van der Waals surface area contributed by atoms with E-state index in [0.717, 1.165) is 16.5 Å². The average molecular weight is 358 g/mol. The Kier molecular flexibility index (Phi) is 5.54. The van der Waals surface area contributed by atoms with Crippen LogP contribution in [-0.2, 0) is 12.8 Å². The van der Waals surface area contributed by atoms with Crippen molar-refractivity contribution in [2.24, 2.45) is 5.84 Å². The van der Waals surface area contributed by atoms with Crippen LogP contribution in [0.5, 0.6) is 0 Å². The van der Waals surface area contributed by atoms with Crippen molar-refractivity contribution < 1.29 is 4.39 Å². The van der Waals surface area contributed by atoms with Gasteiger partial charge in [0.2, 0.25) is 0 Å². The molecule has 0 radical (unpaired) electrons. The molecule has 2 nitrogen and oxygen atoms in total. The van der Waals surface area contributed by atoms with E-state index in [1.165, 1.54) is 17.7 Å². The monoisotopic (exact) mass is 356 g/mol. The summed E-state index contributed by atoms with van der Waals surface area (Å²) in [7, 11) is 0. The maximum atomic E-state index is 13.0. The normalized spacial score (nSPS) is 12.4. The Bertz CT molecular complexity index is 592. The number of rotatable bonds is 5. The number of hydrogen-bond acceptors (Lipinski definition) is 2. The first-order chi connectivity index (χ1) is 9.58. The molecule has 2 rings (SSSR count). The molecule has 3 N–H and O–H groups in total. The lowest BCUT2D eigenvalue weighted by Gasteiger charge is -2.17. The molecule has 0 saturated carbocycles. The molecule has 0 aliphatic rings. The molecule has 1 unspecified atom stereocenters. The lowest BCUT2D eigenvalue weighted by molar-refractivity contribution is 0.522. The van der Waals surface area contributed by atoms with Crippen molar-refractivity contribution in [3.8, 4) is 0 Å². The van der Waals surface area contributed by atoms with Gasteiger partial charge in [0.25, 0.3) is 0 Å². The third-order valence-electron chi connectivity index (χ3n) is 3.09. The number of nitrogens with two attached hydrogens (primary N) is 1. The van der Waals surface area contributed by atoms with E-state index in [1.807, 2.05) is 18.2 Å². The first-order valence-corrected chi connectivity index (χ1v) is 7.40. The standard InChI is InChI=1S/C15H15BrClFN2/c16-12-3-1-2-10(6-12)7-14(20-19)8-11-4-5-13(18)9-15(11)17/h1-6,9,14,20H,7-8,19H2. The zero-order chi connectivity index (χ0) is 14.5. The molecule has 0 aromatic heterocycles. The molecule has 0 aliphatic carbocycles. The molecule has 0 aliphatic heterocycles. The van der Waals surface area contributed by atoms with Crippen LogP contribution in [0.3, 0.4) is 0 Å². The van der Waals surface area contributed by atoms with E-state index in [0.29, 0.717) is 11.4 Å². The van der Waals surface area contributed by atoms with E-state index in [1.54, 1.807) is 6.07 Å². The van der Waals surface area contributed by atoms with Crippen molar-refractivity contribution >= 4 is 27.5 Å². The molecule has 5 heteroatoms. The zero-order valence-corrected chi connectivity index (χ0v) is 13.1. The summed E-state index contributed by atoms with van der Waals surface area (Å²) in [5, 5.41) is 0.430. The number of hydrogen-bond donors (Lipinski definition) is 2. The SMILES string of the molecule is NNC(Cc1cccc(Br)c1)Cc1ccc(F)cc1Cl. The van der Waals surface area contributed by atoms with Crippen LogP contribution < -0.4 is 11.3 Å². The highest BCUT2D eigenvalue weighted by molar-refractivity contribution is 9.10. The maximum absolute atomic E-state index is 13.0. The fraction of sp³-hybridized carbons (Fsp3) is 0.200. The highest BCUT2D eigenvalue weighted by Gasteiger charge is 2.12. The minimum atomic E-state index is -0.331. The summed E-state index contributed by atoms with van der Waals surface area (Å²) in [6, 6.07) is 12.5.